The molecule has 5 nitrogen and oxygen atoms in total. The molecular formula is C12H18N2O3S. The van der Waals surface area contributed by atoms with Crippen molar-refractivity contribution in [2.75, 3.05) is 11.0 Å². The number of hydrogen-bond acceptors (Lipinski definition) is 4. The summed E-state index contributed by atoms with van der Waals surface area (Å²) in [5, 5.41) is 0. The van der Waals surface area contributed by atoms with Crippen LogP contribution in [-0.4, -0.2) is 25.8 Å². The molecule has 0 atom stereocenters. The maximum absolute atomic E-state index is 11.4. The van der Waals surface area contributed by atoms with E-state index in [1.165, 1.54) is 0 Å². The van der Waals surface area contributed by atoms with Crippen LogP contribution in [0.2, 0.25) is 0 Å². The monoisotopic (exact) mass is 270 g/mol. The predicted molar refractivity (Wildman–Crippen MR) is 70.4 cm³/mol. The van der Waals surface area contributed by atoms with Gasteiger partial charge in [0.05, 0.1) is 24.2 Å². The zero-order chi connectivity index (χ0) is 13.3. The first-order valence-corrected chi connectivity index (χ1v) is 7.88. The van der Waals surface area contributed by atoms with Crippen molar-refractivity contribution in [1.82, 2.24) is 4.98 Å². The van der Waals surface area contributed by atoms with E-state index in [-0.39, 0.29) is 12.0 Å². The molecule has 0 aromatic carbocycles. The Bertz CT molecular complexity index is 536. The molecule has 1 aliphatic rings. The van der Waals surface area contributed by atoms with E-state index in [2.05, 4.69) is 9.71 Å². The summed E-state index contributed by atoms with van der Waals surface area (Å²) in [5.41, 5.74) is 1.37. The van der Waals surface area contributed by atoms with Crippen LogP contribution in [0, 0.1) is 0 Å². The van der Waals surface area contributed by atoms with E-state index in [1.54, 1.807) is 12.4 Å². The number of nitrogens with one attached hydrogen (secondary N) is 1. The largest absolute Gasteiger partial charge is 0.487 e. The van der Waals surface area contributed by atoms with Crippen molar-refractivity contribution in [3.63, 3.8) is 0 Å². The lowest BCUT2D eigenvalue weighted by Crippen LogP contribution is -2.14. The number of nitrogens with zero attached hydrogens (tertiary/aromatic N) is 1. The molecule has 6 heteroatoms. The fourth-order valence-electron chi connectivity index (χ4n) is 1.64. The maximum Gasteiger partial charge on any atom is 0.229 e. The van der Waals surface area contributed by atoms with E-state index in [0.717, 1.165) is 24.7 Å². The second-order valence-corrected chi connectivity index (χ2v) is 6.70. The van der Waals surface area contributed by atoms with Crippen LogP contribution in [0.3, 0.4) is 0 Å². The van der Waals surface area contributed by atoms with Crippen LogP contribution in [0.5, 0.6) is 5.75 Å². The normalized spacial score (nSPS) is 15.8. The lowest BCUT2D eigenvalue weighted by molar-refractivity contribution is 0.303. The van der Waals surface area contributed by atoms with Gasteiger partial charge in [-0.25, -0.2) is 8.42 Å². The summed E-state index contributed by atoms with van der Waals surface area (Å²) in [5.74, 6) is 0.693. The van der Waals surface area contributed by atoms with Crippen LogP contribution >= 0.6 is 0 Å². The Labute approximate surface area is 108 Å². The molecule has 1 heterocycles. The van der Waals surface area contributed by atoms with Gasteiger partial charge in [0, 0.05) is 11.8 Å². The third-order valence-electron chi connectivity index (χ3n) is 2.67. The van der Waals surface area contributed by atoms with Crippen molar-refractivity contribution in [1.29, 1.82) is 0 Å². The van der Waals surface area contributed by atoms with Crippen molar-refractivity contribution < 1.29 is 13.2 Å². The van der Waals surface area contributed by atoms with E-state index < -0.39 is 10.0 Å². The average molecular weight is 270 g/mol. The highest BCUT2D eigenvalue weighted by Crippen LogP contribution is 2.36. The summed E-state index contributed by atoms with van der Waals surface area (Å²) in [6, 6.07) is 0. The van der Waals surface area contributed by atoms with Crippen molar-refractivity contribution in [3.05, 3.63) is 18.0 Å². The maximum atomic E-state index is 11.4. The average Bonchev–Trinajstić information content (AvgIpc) is 3.02. The number of anilines is 1. The van der Waals surface area contributed by atoms with Crippen LogP contribution in [-0.2, 0) is 10.0 Å². The van der Waals surface area contributed by atoms with Crippen molar-refractivity contribution >= 4 is 15.7 Å². The first kappa shape index (κ1) is 13.1. The van der Waals surface area contributed by atoms with E-state index in [1.807, 2.05) is 13.8 Å². The number of sulfonamides is 1. The van der Waals surface area contributed by atoms with Crippen molar-refractivity contribution in [2.24, 2.45) is 0 Å². The van der Waals surface area contributed by atoms with Gasteiger partial charge in [-0.2, -0.15) is 0 Å². The molecule has 0 spiro atoms. The second-order valence-electron chi connectivity index (χ2n) is 4.95. The van der Waals surface area contributed by atoms with Crippen LogP contribution in [0.15, 0.2) is 12.4 Å². The summed E-state index contributed by atoms with van der Waals surface area (Å²) in [4.78, 5) is 4.12. The standard InChI is InChI=1S/C12H18N2O3S/c1-8(2)10-6-13-7-11(17-9-4-5-9)12(10)14-18(3,15)16/h6-9H,4-5H2,1-3H3,(H,13,14). The number of rotatable bonds is 5. The van der Waals surface area contributed by atoms with Gasteiger partial charge < -0.3 is 4.74 Å². The molecule has 1 aromatic heterocycles. The second kappa shape index (κ2) is 4.76. The van der Waals surface area contributed by atoms with Gasteiger partial charge in [0.15, 0.2) is 5.75 Å². The smallest absolute Gasteiger partial charge is 0.229 e. The highest BCUT2D eigenvalue weighted by Gasteiger charge is 2.26. The molecular weight excluding hydrogens is 252 g/mol. The molecule has 0 radical (unpaired) electrons. The molecule has 1 aliphatic carbocycles. The SMILES string of the molecule is CC(C)c1cncc(OC2CC2)c1NS(C)(=O)=O. The molecule has 1 saturated carbocycles. The summed E-state index contributed by atoms with van der Waals surface area (Å²) in [6.45, 7) is 3.98. The van der Waals surface area contributed by atoms with E-state index >= 15 is 0 Å². The molecule has 0 amide bonds. The summed E-state index contributed by atoms with van der Waals surface area (Å²) >= 11 is 0. The van der Waals surface area contributed by atoms with E-state index in [9.17, 15) is 8.42 Å². The lowest BCUT2D eigenvalue weighted by Gasteiger charge is -2.17. The molecule has 18 heavy (non-hydrogen) atoms. The fourth-order valence-corrected chi connectivity index (χ4v) is 2.23. The van der Waals surface area contributed by atoms with Crippen LogP contribution < -0.4 is 9.46 Å². The minimum Gasteiger partial charge on any atom is -0.487 e. The molecule has 0 aliphatic heterocycles. The third-order valence-corrected chi connectivity index (χ3v) is 3.24. The van der Waals surface area contributed by atoms with Gasteiger partial charge in [0.1, 0.15) is 0 Å². The Kier molecular flexibility index (Phi) is 3.47. The molecule has 0 unspecified atom stereocenters. The number of pyridine rings is 1. The molecule has 0 saturated heterocycles. The molecule has 100 valence electrons. The summed E-state index contributed by atoms with van der Waals surface area (Å²) in [6.07, 6.45) is 6.62. The topological polar surface area (TPSA) is 68.3 Å². The van der Waals surface area contributed by atoms with Crippen molar-refractivity contribution in [3.8, 4) is 5.75 Å². The summed E-state index contributed by atoms with van der Waals surface area (Å²) < 4.78 is 31.1. The highest BCUT2D eigenvalue weighted by atomic mass is 32.2. The van der Waals surface area contributed by atoms with Gasteiger partial charge in [0.25, 0.3) is 0 Å². The quantitative estimate of drug-likeness (QED) is 0.889. The van der Waals surface area contributed by atoms with Gasteiger partial charge in [-0.3, -0.25) is 9.71 Å². The van der Waals surface area contributed by atoms with Crippen LogP contribution in [0.25, 0.3) is 0 Å². The minimum atomic E-state index is -3.33. The summed E-state index contributed by atoms with van der Waals surface area (Å²) in [7, 11) is -3.33. The van der Waals surface area contributed by atoms with Crippen LogP contribution in [0.1, 0.15) is 38.2 Å². The van der Waals surface area contributed by atoms with Gasteiger partial charge in [-0.05, 0) is 18.8 Å². The molecule has 1 fully saturated rings. The Morgan fingerprint density at radius 1 is 1.39 bits per heavy atom. The third kappa shape index (κ3) is 3.35. The zero-order valence-corrected chi connectivity index (χ0v) is 11.6. The first-order valence-electron chi connectivity index (χ1n) is 5.99. The minimum absolute atomic E-state index is 0.171. The predicted octanol–water partition coefficient (Wildman–Crippen LogP) is 2.12. The first-order chi connectivity index (χ1) is 8.37. The van der Waals surface area contributed by atoms with Gasteiger partial charge >= 0.3 is 0 Å². The van der Waals surface area contributed by atoms with E-state index in [0.29, 0.717) is 11.4 Å². The van der Waals surface area contributed by atoms with Gasteiger partial charge in [0.2, 0.25) is 10.0 Å². The molecule has 1 N–H and O–H groups in total. The molecule has 2 rings (SSSR count). The number of aromatic nitrogens is 1. The highest BCUT2D eigenvalue weighted by molar-refractivity contribution is 7.92. The Balaban J connectivity index is 2.40. The fraction of sp³-hybridized carbons (Fsp3) is 0.583. The van der Waals surface area contributed by atoms with E-state index in [4.69, 9.17) is 4.74 Å². The van der Waals surface area contributed by atoms with Gasteiger partial charge in [-0.15, -0.1) is 0 Å². The Morgan fingerprint density at radius 3 is 2.56 bits per heavy atom. The van der Waals surface area contributed by atoms with Gasteiger partial charge in [-0.1, -0.05) is 13.8 Å². The lowest BCUT2D eigenvalue weighted by atomic mass is 10.0. The number of ether oxygens (including phenoxy) is 1. The number of hydrogen-bond donors (Lipinski definition) is 1. The molecule has 1 aromatic rings. The Morgan fingerprint density at radius 2 is 2.06 bits per heavy atom. The Hall–Kier alpha value is -1.30. The molecule has 0 bridgehead atoms. The van der Waals surface area contributed by atoms with Crippen molar-refractivity contribution in [2.45, 2.75) is 38.7 Å². The zero-order valence-electron chi connectivity index (χ0n) is 10.8. The van der Waals surface area contributed by atoms with Crippen LogP contribution in [0.4, 0.5) is 5.69 Å².